The molecule has 288 valence electrons. The van der Waals surface area contributed by atoms with Crippen molar-refractivity contribution >= 4 is 64.4 Å². The third kappa shape index (κ3) is 14.9. The number of halogens is 2. The Morgan fingerprint density at radius 3 is 2.11 bits per heavy atom. The molecule has 0 atom stereocenters. The van der Waals surface area contributed by atoms with Gasteiger partial charge in [0.25, 0.3) is 5.91 Å². The highest BCUT2D eigenvalue weighted by molar-refractivity contribution is 6.40. The van der Waals surface area contributed by atoms with Gasteiger partial charge < -0.3 is 24.7 Å². The molecule has 0 saturated heterocycles. The van der Waals surface area contributed by atoms with Crippen LogP contribution in [0.2, 0.25) is 10.0 Å². The van der Waals surface area contributed by atoms with Gasteiger partial charge in [-0.25, -0.2) is 9.59 Å². The zero-order chi connectivity index (χ0) is 39.9. The van der Waals surface area contributed by atoms with E-state index in [1.165, 1.54) is 17.0 Å². The topological polar surface area (TPSA) is 159 Å². The number of oxime groups is 1. The first kappa shape index (κ1) is 44.3. The Kier molecular flexibility index (Phi) is 17.0. The molecule has 0 aliphatic carbocycles. The van der Waals surface area contributed by atoms with E-state index in [-0.39, 0.29) is 59.8 Å². The van der Waals surface area contributed by atoms with Crippen LogP contribution in [0.1, 0.15) is 72.4 Å². The monoisotopic (exact) mass is 773 g/mol. The number of amides is 4. The number of carbonyl (C=O) groups is 4. The molecular formula is C38H49Cl2N5O8. The highest BCUT2D eigenvalue weighted by Gasteiger charge is 2.32. The maximum Gasteiger partial charge on any atom is 0.413 e. The molecule has 2 rings (SSSR count). The highest BCUT2D eigenvalue weighted by atomic mass is 35.5. The summed E-state index contributed by atoms with van der Waals surface area (Å²) >= 11 is 13.2. The standard InChI is InChI=1S/C38H49Cl2N5O8/c1-10-13-18-44(36(50)53-38(7,8)9)24-33(47)42-34-28(39)20-25(21-29(34)40)22-31(45(35(48)49)37(4,5)6)41-32(46)23-30(43-52-12-3)26-14-16-27(17-15-26)51-19-11-2/h10-11,14-17,20-21H,1-2,12-13,18-19,22-24H2,3-9H3,(H,42,47)(H,48,49). The quantitative estimate of drug-likeness (QED) is 0.0745. The number of benzene rings is 2. The van der Waals surface area contributed by atoms with Crippen molar-refractivity contribution in [1.82, 2.24) is 9.80 Å². The van der Waals surface area contributed by atoms with Crippen molar-refractivity contribution in [3.63, 3.8) is 0 Å². The minimum Gasteiger partial charge on any atom is -0.490 e. The largest absolute Gasteiger partial charge is 0.490 e. The number of rotatable bonds is 16. The van der Waals surface area contributed by atoms with Crippen molar-refractivity contribution in [2.24, 2.45) is 10.1 Å². The highest BCUT2D eigenvalue weighted by Crippen LogP contribution is 2.33. The van der Waals surface area contributed by atoms with Gasteiger partial charge in [0.2, 0.25) is 5.91 Å². The molecule has 0 heterocycles. The van der Waals surface area contributed by atoms with Crippen LogP contribution in [0.25, 0.3) is 0 Å². The third-order valence-corrected chi connectivity index (χ3v) is 7.47. The summed E-state index contributed by atoms with van der Waals surface area (Å²) in [6.45, 7) is 19.6. The molecule has 0 saturated carbocycles. The molecule has 2 N–H and O–H groups in total. The molecule has 0 aliphatic heterocycles. The number of nitrogens with zero attached hydrogens (tertiary/aromatic N) is 4. The van der Waals surface area contributed by atoms with E-state index in [4.69, 9.17) is 37.5 Å². The van der Waals surface area contributed by atoms with E-state index in [0.29, 0.717) is 29.9 Å². The minimum absolute atomic E-state index is 0.0331. The minimum atomic E-state index is -1.34. The summed E-state index contributed by atoms with van der Waals surface area (Å²) < 4.78 is 11.0. The number of anilines is 1. The van der Waals surface area contributed by atoms with E-state index in [1.807, 2.05) is 0 Å². The molecule has 53 heavy (non-hydrogen) atoms. The molecule has 0 aromatic heterocycles. The lowest BCUT2D eigenvalue weighted by molar-refractivity contribution is -0.117. The average Bonchev–Trinajstić information content (AvgIpc) is 3.04. The first-order chi connectivity index (χ1) is 24.8. The summed E-state index contributed by atoms with van der Waals surface area (Å²) in [5.41, 5.74) is -0.458. The zero-order valence-corrected chi connectivity index (χ0v) is 32.8. The maximum atomic E-state index is 13.5. The second-order valence-corrected chi connectivity index (χ2v) is 14.4. The van der Waals surface area contributed by atoms with Gasteiger partial charge in [0, 0.05) is 24.1 Å². The van der Waals surface area contributed by atoms with E-state index in [1.54, 1.807) is 84.9 Å². The molecule has 0 aliphatic rings. The Labute approximate surface area is 321 Å². The van der Waals surface area contributed by atoms with Gasteiger partial charge in [-0.2, -0.15) is 4.99 Å². The molecule has 2 aromatic carbocycles. The number of ether oxygens (including phenoxy) is 2. The van der Waals surface area contributed by atoms with Gasteiger partial charge in [0.05, 0.1) is 27.9 Å². The summed E-state index contributed by atoms with van der Waals surface area (Å²) in [4.78, 5) is 63.7. The second kappa shape index (κ2) is 20.4. The van der Waals surface area contributed by atoms with Gasteiger partial charge in [-0.1, -0.05) is 47.1 Å². The van der Waals surface area contributed by atoms with Gasteiger partial charge in [-0.15, -0.1) is 6.58 Å². The number of aliphatic imine (C=N–C) groups is 1. The third-order valence-electron chi connectivity index (χ3n) is 6.87. The summed E-state index contributed by atoms with van der Waals surface area (Å²) in [5, 5.41) is 17.1. The Bertz CT molecular complexity index is 1670. The predicted octanol–water partition coefficient (Wildman–Crippen LogP) is 8.39. The number of amidine groups is 1. The summed E-state index contributed by atoms with van der Waals surface area (Å²) in [7, 11) is 0. The molecule has 0 radical (unpaired) electrons. The molecule has 15 heteroatoms. The van der Waals surface area contributed by atoms with Crippen LogP contribution in [-0.2, 0) is 25.6 Å². The number of nitrogens with one attached hydrogen (secondary N) is 1. The van der Waals surface area contributed by atoms with Gasteiger partial charge >= 0.3 is 12.2 Å². The SMILES string of the molecule is C=CCCN(CC(=O)Nc1c(Cl)cc(CC(=NC(=O)CC(=NOCC)c2ccc(OCC=C)cc2)N(C(=O)O)C(C)(C)C)cc1Cl)C(=O)OC(C)(C)C. The van der Waals surface area contributed by atoms with Crippen LogP contribution in [-0.4, -0.2) is 87.9 Å². The van der Waals surface area contributed by atoms with Crippen LogP contribution >= 0.6 is 23.2 Å². The summed E-state index contributed by atoms with van der Waals surface area (Å²) in [6, 6.07) is 9.82. The van der Waals surface area contributed by atoms with Crippen LogP contribution in [0.4, 0.5) is 15.3 Å². The van der Waals surface area contributed by atoms with E-state index in [0.717, 1.165) is 4.90 Å². The molecule has 4 amide bonds. The van der Waals surface area contributed by atoms with Crippen LogP contribution in [0, 0.1) is 0 Å². The van der Waals surface area contributed by atoms with Crippen molar-refractivity contribution in [2.75, 3.05) is 31.6 Å². The average molecular weight is 775 g/mol. The van der Waals surface area contributed by atoms with Crippen molar-refractivity contribution in [1.29, 1.82) is 0 Å². The van der Waals surface area contributed by atoms with Gasteiger partial charge in [0.15, 0.2) is 0 Å². The summed E-state index contributed by atoms with van der Waals surface area (Å²) in [5.74, 6) is -0.781. The fourth-order valence-corrected chi connectivity index (χ4v) is 5.33. The van der Waals surface area contributed by atoms with Crippen molar-refractivity contribution < 1.29 is 38.6 Å². The molecule has 2 aromatic rings. The van der Waals surface area contributed by atoms with Crippen LogP contribution in [0.3, 0.4) is 0 Å². The fraction of sp³-hybridized carbons (Fsp3) is 0.421. The van der Waals surface area contributed by atoms with Crippen LogP contribution < -0.4 is 10.1 Å². The lowest BCUT2D eigenvalue weighted by Crippen LogP contribution is -2.49. The van der Waals surface area contributed by atoms with Gasteiger partial charge in [-0.05, 0) is 96.8 Å². The molecule has 0 fully saturated rings. The van der Waals surface area contributed by atoms with Gasteiger partial charge in [0.1, 0.15) is 36.9 Å². The normalized spacial score (nSPS) is 12.0. The number of carboxylic acid groups (broad SMARTS) is 1. The molecule has 0 spiro atoms. The number of hydrogen-bond donors (Lipinski definition) is 2. The number of hydrogen-bond acceptors (Lipinski definition) is 8. The van der Waals surface area contributed by atoms with Crippen molar-refractivity contribution in [2.45, 2.75) is 78.9 Å². The first-order valence-corrected chi connectivity index (χ1v) is 17.6. The predicted molar refractivity (Wildman–Crippen MR) is 208 cm³/mol. The molecule has 0 bridgehead atoms. The van der Waals surface area contributed by atoms with E-state index >= 15 is 0 Å². The smallest absolute Gasteiger partial charge is 0.413 e. The molecule has 13 nitrogen and oxygen atoms in total. The Morgan fingerprint density at radius 2 is 1.60 bits per heavy atom. The summed E-state index contributed by atoms with van der Waals surface area (Å²) in [6.07, 6.45) is 1.16. The lowest BCUT2D eigenvalue weighted by atomic mass is 10.0. The Balaban J connectivity index is 2.43. The Morgan fingerprint density at radius 1 is 0.981 bits per heavy atom. The maximum absolute atomic E-state index is 13.5. The Hall–Kier alpha value is -4.88. The van der Waals surface area contributed by atoms with Gasteiger partial charge in [-0.3, -0.25) is 19.4 Å². The molecule has 0 unspecified atom stereocenters. The van der Waals surface area contributed by atoms with E-state index < -0.39 is 35.1 Å². The van der Waals surface area contributed by atoms with Crippen LogP contribution in [0.15, 0.2) is 71.9 Å². The number of carbonyl (C=O) groups excluding carboxylic acids is 3. The van der Waals surface area contributed by atoms with Crippen molar-refractivity contribution in [3.05, 3.63) is 82.9 Å². The zero-order valence-electron chi connectivity index (χ0n) is 31.3. The fourth-order valence-electron chi connectivity index (χ4n) is 4.70. The van der Waals surface area contributed by atoms with Crippen LogP contribution in [0.5, 0.6) is 5.75 Å². The lowest BCUT2D eigenvalue weighted by Gasteiger charge is -2.34. The first-order valence-electron chi connectivity index (χ1n) is 16.8. The van der Waals surface area contributed by atoms with E-state index in [9.17, 15) is 24.3 Å². The second-order valence-electron chi connectivity index (χ2n) is 13.6. The van der Waals surface area contributed by atoms with E-state index in [2.05, 4.69) is 28.6 Å². The molecular weight excluding hydrogens is 725 g/mol. The van der Waals surface area contributed by atoms with Crippen molar-refractivity contribution in [3.8, 4) is 5.75 Å².